The van der Waals surface area contributed by atoms with E-state index in [1.807, 2.05) is 0 Å². The van der Waals surface area contributed by atoms with Crippen molar-refractivity contribution in [2.75, 3.05) is 13.2 Å². The molecule has 1 atom stereocenters. The van der Waals surface area contributed by atoms with Gasteiger partial charge >= 0.3 is 17.9 Å². The zero-order valence-corrected chi connectivity index (χ0v) is 52.1. The molecule has 0 saturated heterocycles. The molecule has 0 amide bonds. The van der Waals surface area contributed by atoms with E-state index in [4.69, 9.17) is 14.2 Å². The van der Waals surface area contributed by atoms with Crippen LogP contribution in [0.15, 0.2) is 97.2 Å². The first-order chi connectivity index (χ1) is 39.0. The zero-order chi connectivity index (χ0) is 57.1. The molecule has 6 heteroatoms. The Kier molecular flexibility index (Phi) is 63.7. The predicted molar refractivity (Wildman–Crippen MR) is 344 cm³/mol. The third-order valence-electron chi connectivity index (χ3n) is 14.5. The molecule has 6 nitrogen and oxygen atoms in total. The van der Waals surface area contributed by atoms with Gasteiger partial charge in [-0.15, -0.1) is 0 Å². The number of hydrogen-bond acceptors (Lipinski definition) is 6. The summed E-state index contributed by atoms with van der Waals surface area (Å²) in [5, 5.41) is 0. The molecule has 0 rings (SSSR count). The largest absolute Gasteiger partial charge is 0.462 e. The van der Waals surface area contributed by atoms with Gasteiger partial charge in [-0.1, -0.05) is 285 Å². The summed E-state index contributed by atoms with van der Waals surface area (Å²) in [5.74, 6) is -0.912. The fourth-order valence-electron chi connectivity index (χ4n) is 9.50. The van der Waals surface area contributed by atoms with E-state index in [0.717, 1.165) is 116 Å². The summed E-state index contributed by atoms with van der Waals surface area (Å²) in [6.07, 6.45) is 89.9. The minimum atomic E-state index is -0.797. The Balaban J connectivity index is 4.35. The van der Waals surface area contributed by atoms with Crippen molar-refractivity contribution in [3.63, 3.8) is 0 Å². The minimum Gasteiger partial charge on any atom is -0.462 e. The smallest absolute Gasteiger partial charge is 0.306 e. The molecule has 0 aromatic heterocycles. The average Bonchev–Trinajstić information content (AvgIpc) is 3.45. The van der Waals surface area contributed by atoms with Crippen LogP contribution in [0.2, 0.25) is 0 Å². The molecular formula is C73H126O6. The molecule has 79 heavy (non-hydrogen) atoms. The second-order valence-corrected chi connectivity index (χ2v) is 22.3. The first-order valence-corrected chi connectivity index (χ1v) is 33.7. The number of carbonyl (C=O) groups excluding carboxylic acids is 3. The monoisotopic (exact) mass is 1100 g/mol. The summed E-state index contributed by atoms with van der Waals surface area (Å²) in [6, 6.07) is 0. The molecular weight excluding hydrogens is 973 g/mol. The number of hydrogen-bond donors (Lipinski definition) is 0. The second kappa shape index (κ2) is 66.8. The van der Waals surface area contributed by atoms with Gasteiger partial charge in [0.05, 0.1) is 0 Å². The van der Waals surface area contributed by atoms with Crippen LogP contribution in [-0.4, -0.2) is 37.2 Å². The predicted octanol–water partition coefficient (Wildman–Crippen LogP) is 23.2. The molecule has 0 saturated carbocycles. The van der Waals surface area contributed by atoms with Crippen LogP contribution in [0, 0.1) is 0 Å². The Bertz CT molecular complexity index is 1540. The standard InChI is InChI=1S/C73H126O6/c1-4-7-10-13-16-19-22-25-27-29-31-33-35-36-38-39-41-43-45-48-51-54-57-60-63-66-72(75)78-69-70(68-77-71(74)65-62-59-56-53-50-47-24-21-18-15-12-9-6-3)79-73(76)67-64-61-58-55-52-49-46-44-42-40-37-34-32-30-28-26-23-20-17-14-11-8-5-2/h8,11,17,20-21,24,26,28-29,31-32,34,40,42,46,49,70H,4-7,9-10,12-16,18-19,22-23,25,27,30,33,35-39,41,43-45,47-48,50-69H2,1-3H3/b11-8-,20-17-,24-21-,28-26-,31-29-,34-32-,42-40-,49-46-. The van der Waals surface area contributed by atoms with Crippen LogP contribution in [0.4, 0.5) is 0 Å². The third kappa shape index (κ3) is 65.0. The lowest BCUT2D eigenvalue weighted by Gasteiger charge is -2.18. The number of esters is 3. The first-order valence-electron chi connectivity index (χ1n) is 33.7. The van der Waals surface area contributed by atoms with Gasteiger partial charge in [-0.25, -0.2) is 0 Å². The summed E-state index contributed by atoms with van der Waals surface area (Å²) in [4.78, 5) is 38.4. The Morgan fingerprint density at radius 2 is 0.494 bits per heavy atom. The molecule has 0 radical (unpaired) electrons. The molecule has 0 bridgehead atoms. The van der Waals surface area contributed by atoms with Gasteiger partial charge in [0.1, 0.15) is 13.2 Å². The third-order valence-corrected chi connectivity index (χ3v) is 14.5. The maximum Gasteiger partial charge on any atom is 0.306 e. The number of carbonyl (C=O) groups is 3. The van der Waals surface area contributed by atoms with E-state index < -0.39 is 6.10 Å². The van der Waals surface area contributed by atoms with Crippen molar-refractivity contribution in [3.05, 3.63) is 97.2 Å². The van der Waals surface area contributed by atoms with Crippen molar-refractivity contribution in [3.8, 4) is 0 Å². The maximum absolute atomic E-state index is 12.9. The topological polar surface area (TPSA) is 78.9 Å². The SMILES string of the molecule is CC/C=C\C/C=C\C/C=C\C/C=C\C/C=C\C/C=C\CCCCCCC(=O)OC(COC(=O)CCCCCCC/C=C\CCCCCC)COC(=O)CCCCCCCCCCCCCCC/C=C\CCCCCCCCCC. The van der Waals surface area contributed by atoms with E-state index in [-0.39, 0.29) is 31.1 Å². The van der Waals surface area contributed by atoms with E-state index in [0.29, 0.717) is 19.3 Å². The van der Waals surface area contributed by atoms with Crippen molar-refractivity contribution in [2.24, 2.45) is 0 Å². The fourth-order valence-corrected chi connectivity index (χ4v) is 9.50. The Morgan fingerprint density at radius 3 is 0.797 bits per heavy atom. The maximum atomic E-state index is 12.9. The second-order valence-electron chi connectivity index (χ2n) is 22.3. The van der Waals surface area contributed by atoms with Gasteiger partial charge in [0.15, 0.2) is 6.10 Å². The molecule has 0 heterocycles. The Morgan fingerprint density at radius 1 is 0.266 bits per heavy atom. The van der Waals surface area contributed by atoms with E-state index in [1.165, 1.54) is 173 Å². The normalized spacial score (nSPS) is 12.7. The van der Waals surface area contributed by atoms with E-state index in [9.17, 15) is 14.4 Å². The molecule has 0 aliphatic carbocycles. The first kappa shape index (κ1) is 75.3. The van der Waals surface area contributed by atoms with Crippen molar-refractivity contribution in [1.29, 1.82) is 0 Å². The molecule has 454 valence electrons. The highest BCUT2D eigenvalue weighted by molar-refractivity contribution is 5.71. The van der Waals surface area contributed by atoms with Crippen LogP contribution in [-0.2, 0) is 28.6 Å². The van der Waals surface area contributed by atoms with Crippen LogP contribution in [0.25, 0.3) is 0 Å². The van der Waals surface area contributed by atoms with Gasteiger partial charge in [-0.3, -0.25) is 14.4 Å². The molecule has 0 aliphatic heterocycles. The molecule has 0 N–H and O–H groups in total. The number of rotatable bonds is 61. The van der Waals surface area contributed by atoms with Crippen LogP contribution in [0.3, 0.4) is 0 Å². The number of allylic oxidation sites excluding steroid dienone is 16. The molecule has 0 fully saturated rings. The summed E-state index contributed by atoms with van der Waals surface area (Å²) in [5.41, 5.74) is 0. The summed E-state index contributed by atoms with van der Waals surface area (Å²) in [7, 11) is 0. The van der Waals surface area contributed by atoms with Crippen molar-refractivity contribution in [1.82, 2.24) is 0 Å². The zero-order valence-electron chi connectivity index (χ0n) is 52.1. The average molecular weight is 1100 g/mol. The van der Waals surface area contributed by atoms with Crippen LogP contribution in [0.5, 0.6) is 0 Å². The lowest BCUT2D eigenvalue weighted by Crippen LogP contribution is -2.30. The Hall–Kier alpha value is -3.67. The number of ether oxygens (including phenoxy) is 3. The van der Waals surface area contributed by atoms with Crippen LogP contribution >= 0.6 is 0 Å². The highest BCUT2D eigenvalue weighted by atomic mass is 16.6. The van der Waals surface area contributed by atoms with Gasteiger partial charge in [0, 0.05) is 19.3 Å². The van der Waals surface area contributed by atoms with Crippen LogP contribution < -0.4 is 0 Å². The molecule has 0 spiro atoms. The van der Waals surface area contributed by atoms with Gasteiger partial charge in [-0.05, 0) is 122 Å². The van der Waals surface area contributed by atoms with E-state index >= 15 is 0 Å². The van der Waals surface area contributed by atoms with Gasteiger partial charge in [0.2, 0.25) is 0 Å². The minimum absolute atomic E-state index is 0.0895. The van der Waals surface area contributed by atoms with E-state index in [1.54, 1.807) is 0 Å². The van der Waals surface area contributed by atoms with Gasteiger partial charge < -0.3 is 14.2 Å². The Labute approximate surface area is 489 Å². The lowest BCUT2D eigenvalue weighted by molar-refractivity contribution is -0.167. The summed E-state index contributed by atoms with van der Waals surface area (Å²) >= 11 is 0. The van der Waals surface area contributed by atoms with Gasteiger partial charge in [-0.2, -0.15) is 0 Å². The van der Waals surface area contributed by atoms with Crippen molar-refractivity contribution in [2.45, 2.75) is 335 Å². The van der Waals surface area contributed by atoms with Gasteiger partial charge in [0.25, 0.3) is 0 Å². The van der Waals surface area contributed by atoms with Crippen molar-refractivity contribution >= 4 is 17.9 Å². The lowest BCUT2D eigenvalue weighted by atomic mass is 10.0. The quantitative estimate of drug-likeness (QED) is 0.0261. The van der Waals surface area contributed by atoms with Crippen LogP contribution in [0.1, 0.15) is 329 Å². The fraction of sp³-hybridized carbons (Fsp3) is 0.740. The molecule has 1 unspecified atom stereocenters. The highest BCUT2D eigenvalue weighted by Gasteiger charge is 2.19. The highest BCUT2D eigenvalue weighted by Crippen LogP contribution is 2.16. The summed E-state index contributed by atoms with van der Waals surface area (Å²) < 4.78 is 16.9. The van der Waals surface area contributed by atoms with E-state index in [2.05, 4.69) is 118 Å². The number of unbranched alkanes of at least 4 members (excludes halogenated alkanes) is 34. The summed E-state index contributed by atoms with van der Waals surface area (Å²) in [6.45, 7) is 6.51. The van der Waals surface area contributed by atoms with Crippen molar-refractivity contribution < 1.29 is 28.6 Å². The molecule has 0 aromatic rings. The molecule has 0 aromatic carbocycles. The molecule has 0 aliphatic rings.